The molecule has 0 saturated carbocycles. The van der Waals surface area contributed by atoms with Crippen LogP contribution < -0.4 is 31.8 Å². The number of halogens is 1. The van der Waals surface area contributed by atoms with E-state index in [1.165, 1.54) is 31.8 Å². The van der Waals surface area contributed by atoms with Crippen molar-refractivity contribution in [3.05, 3.63) is 182 Å². The molecule has 201 valence electrons. The average Bonchev–Trinajstić information content (AvgIpc) is 3.06. The van der Waals surface area contributed by atoms with Crippen LogP contribution in [0.1, 0.15) is 0 Å². The summed E-state index contributed by atoms with van der Waals surface area (Å²) in [5, 5.41) is 8.61. The molecule has 0 saturated heterocycles. The first-order valence-corrected chi connectivity index (χ1v) is 17.4. The molecule has 0 atom stereocenters. The standard InChI is InChI=1S/2C18H15P.ClH.Ni/c2*1-4-10-16(11-5-1)19(17-12-6-2-7-13-17)18-14-8-3-9-15-18;;/h2*1-15H;1H;/q;;;+1/p+1. The molecular formula is C36H32ClNiP2+2. The van der Waals surface area contributed by atoms with Crippen molar-refractivity contribution in [3.63, 3.8) is 0 Å². The zero-order chi connectivity index (χ0) is 27.8. The molecule has 0 heterocycles. The molecule has 0 fully saturated rings. The summed E-state index contributed by atoms with van der Waals surface area (Å²) < 4.78 is 0. The van der Waals surface area contributed by atoms with Gasteiger partial charge in [0.2, 0.25) is 0 Å². The van der Waals surface area contributed by atoms with Crippen molar-refractivity contribution in [1.29, 1.82) is 0 Å². The Kier molecular flexibility index (Phi) is 12.7. The predicted molar refractivity (Wildman–Crippen MR) is 179 cm³/mol. The molecule has 4 heteroatoms. The van der Waals surface area contributed by atoms with Crippen molar-refractivity contribution in [3.8, 4) is 0 Å². The zero-order valence-electron chi connectivity index (χ0n) is 22.0. The normalized spacial score (nSPS) is 10.2. The second-order valence-corrected chi connectivity index (χ2v) is 13.9. The average molecular weight is 621 g/mol. The van der Waals surface area contributed by atoms with E-state index in [4.69, 9.17) is 0 Å². The maximum absolute atomic E-state index is 4.26. The topological polar surface area (TPSA) is 0 Å². The number of benzene rings is 6. The molecule has 0 aromatic heterocycles. The third-order valence-electron chi connectivity index (χ3n) is 6.37. The van der Waals surface area contributed by atoms with Crippen molar-refractivity contribution in [1.82, 2.24) is 0 Å². The molecule has 0 amide bonds. The van der Waals surface area contributed by atoms with E-state index in [1.54, 1.807) is 0 Å². The summed E-state index contributed by atoms with van der Waals surface area (Å²) in [6.45, 7) is 0. The van der Waals surface area contributed by atoms with Crippen LogP contribution in [0.25, 0.3) is 0 Å². The minimum Gasteiger partial charge on any atom is -0.0620 e. The fourth-order valence-electron chi connectivity index (χ4n) is 4.63. The Labute approximate surface area is 253 Å². The van der Waals surface area contributed by atoms with Gasteiger partial charge in [-0.15, -0.1) is 0 Å². The zero-order valence-corrected chi connectivity index (χ0v) is 25.8. The van der Waals surface area contributed by atoms with Crippen LogP contribution in [0.15, 0.2) is 182 Å². The molecule has 0 aliphatic carbocycles. The Morgan fingerprint density at radius 2 is 0.375 bits per heavy atom. The van der Waals surface area contributed by atoms with E-state index >= 15 is 0 Å². The van der Waals surface area contributed by atoms with Gasteiger partial charge in [0.05, 0.1) is 15.8 Å². The maximum Gasteiger partial charge on any atom is 0.102 e. The summed E-state index contributed by atoms with van der Waals surface area (Å²) in [5.41, 5.74) is 0. The van der Waals surface area contributed by atoms with Gasteiger partial charge in [0, 0.05) is 0 Å². The Morgan fingerprint density at radius 3 is 0.500 bits per heavy atom. The first-order valence-electron chi connectivity index (χ1n) is 13.1. The molecule has 0 aliphatic rings. The molecule has 0 spiro atoms. The third-order valence-corrected chi connectivity index (χ3v) is 11.8. The second-order valence-electron chi connectivity index (χ2n) is 8.95. The Balaban J connectivity index is 0.000000174. The smallest absolute Gasteiger partial charge is 0.0620 e. The molecule has 0 radical (unpaired) electrons. The SMILES string of the molecule is [Cl][Ni].c1ccc([PH+](c2ccccc2)c2ccccc2)cc1.c1ccc([PH+](c2ccccc2)c2ccccc2)cc1. The summed E-state index contributed by atoms with van der Waals surface area (Å²) >= 11 is 3.35. The van der Waals surface area contributed by atoms with Crippen LogP contribution in [0.5, 0.6) is 0 Å². The monoisotopic (exact) mass is 619 g/mol. The van der Waals surface area contributed by atoms with Gasteiger partial charge in [0.15, 0.2) is 0 Å². The minimum absolute atomic E-state index is 0.877. The van der Waals surface area contributed by atoms with Crippen molar-refractivity contribution < 1.29 is 14.6 Å². The molecule has 40 heavy (non-hydrogen) atoms. The first kappa shape index (κ1) is 29.9. The summed E-state index contributed by atoms with van der Waals surface area (Å²) in [7, 11) is 2.51. The predicted octanol–water partition coefficient (Wildman–Crippen LogP) is 7.04. The molecular weight excluding hydrogens is 588 g/mol. The van der Waals surface area contributed by atoms with E-state index in [1.807, 2.05) is 0 Å². The molecule has 0 N–H and O–H groups in total. The van der Waals surface area contributed by atoms with E-state index in [0.717, 1.165) is 0 Å². The summed E-state index contributed by atoms with van der Waals surface area (Å²) in [4.78, 5) is 0. The van der Waals surface area contributed by atoms with Crippen molar-refractivity contribution >= 4 is 57.9 Å². The third kappa shape index (κ3) is 8.48. The molecule has 6 rings (SSSR count). The van der Waals surface area contributed by atoms with Crippen LogP contribution in [0.4, 0.5) is 0 Å². The van der Waals surface area contributed by atoms with Gasteiger partial charge in [-0.1, -0.05) is 109 Å². The minimum atomic E-state index is -0.877. The maximum atomic E-state index is 4.26. The molecule has 0 aliphatic heterocycles. The summed E-state index contributed by atoms with van der Waals surface area (Å²) in [6.07, 6.45) is 0. The largest absolute Gasteiger partial charge is 0.102 e. The van der Waals surface area contributed by atoms with Crippen molar-refractivity contribution in [2.75, 3.05) is 0 Å². The fraction of sp³-hybridized carbons (Fsp3) is 0. The number of rotatable bonds is 6. The molecule has 6 aromatic rings. The first-order chi connectivity index (χ1) is 19.9. The van der Waals surface area contributed by atoms with Gasteiger partial charge in [0.1, 0.15) is 31.8 Å². The van der Waals surface area contributed by atoms with Gasteiger partial charge in [-0.25, -0.2) is 0 Å². The van der Waals surface area contributed by atoms with Gasteiger partial charge in [0.25, 0.3) is 0 Å². The molecule has 6 aromatic carbocycles. The molecule has 0 unspecified atom stereocenters. The van der Waals surface area contributed by atoms with Gasteiger partial charge >= 0.3 is 24.8 Å². The van der Waals surface area contributed by atoms with Crippen LogP contribution in [0, 0.1) is 0 Å². The summed E-state index contributed by atoms with van der Waals surface area (Å²) in [6, 6.07) is 65.0. The van der Waals surface area contributed by atoms with E-state index in [9.17, 15) is 0 Å². The summed E-state index contributed by atoms with van der Waals surface area (Å²) in [5.74, 6) is 0. The second kappa shape index (κ2) is 16.9. The van der Waals surface area contributed by atoms with E-state index in [2.05, 4.69) is 207 Å². The van der Waals surface area contributed by atoms with Crippen LogP contribution in [-0.4, -0.2) is 0 Å². The number of hydrogen-bond donors (Lipinski definition) is 0. The molecule has 0 bridgehead atoms. The van der Waals surface area contributed by atoms with E-state index in [-0.39, 0.29) is 0 Å². The Hall–Kier alpha value is -3.04. The van der Waals surface area contributed by atoms with Gasteiger partial charge in [-0.05, 0) is 72.8 Å². The molecule has 0 nitrogen and oxygen atoms in total. The van der Waals surface area contributed by atoms with Gasteiger partial charge < -0.3 is 0 Å². The Morgan fingerprint density at radius 1 is 0.250 bits per heavy atom. The van der Waals surface area contributed by atoms with Gasteiger partial charge in [-0.2, -0.15) is 0 Å². The van der Waals surface area contributed by atoms with Gasteiger partial charge in [-0.3, -0.25) is 0 Å². The van der Waals surface area contributed by atoms with Crippen molar-refractivity contribution in [2.45, 2.75) is 0 Å². The van der Waals surface area contributed by atoms with Crippen molar-refractivity contribution in [2.24, 2.45) is 0 Å². The quantitative estimate of drug-likeness (QED) is 0.138. The Bertz CT molecular complexity index is 1180. The van der Waals surface area contributed by atoms with E-state index in [0.29, 0.717) is 0 Å². The van der Waals surface area contributed by atoms with Crippen LogP contribution in [0.2, 0.25) is 0 Å². The number of hydrogen-bond acceptors (Lipinski definition) is 0. The van der Waals surface area contributed by atoms with E-state index < -0.39 is 15.8 Å². The fourth-order valence-corrected chi connectivity index (χ4v) is 9.78. The van der Waals surface area contributed by atoms with Crippen LogP contribution in [0.3, 0.4) is 0 Å². The van der Waals surface area contributed by atoms with Crippen LogP contribution in [-0.2, 0) is 14.6 Å². The van der Waals surface area contributed by atoms with Crippen LogP contribution >= 0.6 is 26.0 Å².